The molecule has 30 heavy (non-hydrogen) atoms. The van der Waals surface area contributed by atoms with Crippen LogP contribution in [-0.2, 0) is 6.54 Å². The SMILES string of the molecule is CCCOc1ccc2cc(C(=O)N(C)Cc3noc(C4CCCC4)n3)c(=O)oc2c1. The molecule has 8 heteroatoms. The first-order valence-corrected chi connectivity index (χ1v) is 10.3. The van der Waals surface area contributed by atoms with E-state index >= 15 is 0 Å². The van der Waals surface area contributed by atoms with E-state index in [-0.39, 0.29) is 12.1 Å². The molecule has 1 saturated carbocycles. The molecular formula is C22H25N3O5. The molecular weight excluding hydrogens is 386 g/mol. The van der Waals surface area contributed by atoms with Gasteiger partial charge in [0.1, 0.15) is 16.9 Å². The average molecular weight is 411 g/mol. The number of fused-ring (bicyclic) bond motifs is 1. The Morgan fingerprint density at radius 3 is 2.83 bits per heavy atom. The summed E-state index contributed by atoms with van der Waals surface area (Å²) in [7, 11) is 1.60. The van der Waals surface area contributed by atoms with Gasteiger partial charge in [-0.05, 0) is 37.5 Å². The second-order valence-electron chi connectivity index (χ2n) is 7.69. The molecule has 0 bridgehead atoms. The van der Waals surface area contributed by atoms with E-state index in [0.29, 0.717) is 41.0 Å². The Morgan fingerprint density at radius 2 is 2.07 bits per heavy atom. The molecule has 0 unspecified atom stereocenters. The topological polar surface area (TPSA) is 98.7 Å². The fraction of sp³-hybridized carbons (Fsp3) is 0.455. The predicted molar refractivity (Wildman–Crippen MR) is 110 cm³/mol. The second kappa shape index (κ2) is 8.69. The summed E-state index contributed by atoms with van der Waals surface area (Å²) in [6.45, 7) is 2.74. The number of benzene rings is 1. The highest BCUT2D eigenvalue weighted by Gasteiger charge is 2.24. The Hall–Kier alpha value is -3.16. The van der Waals surface area contributed by atoms with E-state index in [1.54, 1.807) is 31.3 Å². The summed E-state index contributed by atoms with van der Waals surface area (Å²) in [6, 6.07) is 6.77. The van der Waals surface area contributed by atoms with Crippen LogP contribution in [-0.4, -0.2) is 34.6 Å². The molecule has 1 fully saturated rings. The van der Waals surface area contributed by atoms with Gasteiger partial charge in [-0.1, -0.05) is 24.9 Å². The van der Waals surface area contributed by atoms with Crippen molar-refractivity contribution in [3.63, 3.8) is 0 Å². The van der Waals surface area contributed by atoms with Crippen molar-refractivity contribution >= 4 is 16.9 Å². The largest absolute Gasteiger partial charge is 0.493 e. The van der Waals surface area contributed by atoms with Crippen molar-refractivity contribution < 1.29 is 18.5 Å². The number of hydrogen-bond donors (Lipinski definition) is 0. The van der Waals surface area contributed by atoms with Gasteiger partial charge in [0.2, 0.25) is 5.89 Å². The van der Waals surface area contributed by atoms with E-state index in [1.165, 1.54) is 17.7 Å². The maximum Gasteiger partial charge on any atom is 0.349 e. The Balaban J connectivity index is 1.50. The number of carbonyl (C=O) groups excluding carboxylic acids is 1. The van der Waals surface area contributed by atoms with Crippen molar-refractivity contribution in [3.8, 4) is 5.75 Å². The van der Waals surface area contributed by atoms with Gasteiger partial charge in [0.25, 0.3) is 5.91 Å². The smallest absolute Gasteiger partial charge is 0.349 e. The third kappa shape index (κ3) is 4.22. The molecule has 1 aliphatic rings. The number of ether oxygens (including phenoxy) is 1. The van der Waals surface area contributed by atoms with Gasteiger partial charge >= 0.3 is 5.63 Å². The zero-order valence-electron chi connectivity index (χ0n) is 17.2. The van der Waals surface area contributed by atoms with Crippen molar-refractivity contribution in [1.82, 2.24) is 15.0 Å². The summed E-state index contributed by atoms with van der Waals surface area (Å²) in [5.74, 6) is 1.54. The van der Waals surface area contributed by atoms with Crippen LogP contribution in [0.3, 0.4) is 0 Å². The minimum absolute atomic E-state index is 0.0354. The van der Waals surface area contributed by atoms with Crippen LogP contribution < -0.4 is 10.4 Å². The maximum atomic E-state index is 12.8. The number of rotatable bonds is 7. The molecule has 8 nitrogen and oxygen atoms in total. The van der Waals surface area contributed by atoms with Crippen LogP contribution in [0.1, 0.15) is 67.0 Å². The predicted octanol–water partition coefficient (Wildman–Crippen LogP) is 3.89. The second-order valence-corrected chi connectivity index (χ2v) is 7.69. The van der Waals surface area contributed by atoms with Gasteiger partial charge in [-0.25, -0.2) is 4.79 Å². The molecule has 1 aromatic carbocycles. The molecule has 0 N–H and O–H groups in total. The van der Waals surface area contributed by atoms with E-state index in [4.69, 9.17) is 13.7 Å². The van der Waals surface area contributed by atoms with Gasteiger partial charge in [0, 0.05) is 24.4 Å². The molecule has 0 aliphatic heterocycles. The number of amides is 1. The van der Waals surface area contributed by atoms with E-state index in [0.717, 1.165) is 19.3 Å². The highest BCUT2D eigenvalue weighted by atomic mass is 16.5. The van der Waals surface area contributed by atoms with Gasteiger partial charge in [-0.2, -0.15) is 4.98 Å². The van der Waals surface area contributed by atoms with Crippen LogP contribution in [0.15, 0.2) is 38.0 Å². The van der Waals surface area contributed by atoms with Crippen molar-refractivity contribution in [3.05, 3.63) is 52.0 Å². The minimum Gasteiger partial charge on any atom is -0.493 e. The summed E-state index contributed by atoms with van der Waals surface area (Å²) in [5, 5.41) is 4.64. The van der Waals surface area contributed by atoms with Crippen molar-refractivity contribution in [1.29, 1.82) is 0 Å². The molecule has 0 atom stereocenters. The van der Waals surface area contributed by atoms with Crippen LogP contribution in [0.4, 0.5) is 0 Å². The molecule has 2 aromatic heterocycles. The zero-order chi connectivity index (χ0) is 21.1. The molecule has 0 radical (unpaired) electrons. The lowest BCUT2D eigenvalue weighted by molar-refractivity contribution is 0.0776. The first kappa shape index (κ1) is 20.1. The van der Waals surface area contributed by atoms with Crippen molar-refractivity contribution in [2.45, 2.75) is 51.5 Å². The monoisotopic (exact) mass is 411 g/mol. The highest BCUT2D eigenvalue weighted by Crippen LogP contribution is 2.33. The number of hydrogen-bond acceptors (Lipinski definition) is 7. The third-order valence-electron chi connectivity index (χ3n) is 5.32. The van der Waals surface area contributed by atoms with E-state index in [1.807, 2.05) is 6.92 Å². The van der Waals surface area contributed by atoms with Crippen LogP contribution in [0.5, 0.6) is 5.75 Å². The molecule has 4 rings (SSSR count). The average Bonchev–Trinajstić information content (AvgIpc) is 3.43. The Kier molecular flexibility index (Phi) is 5.83. The zero-order valence-corrected chi connectivity index (χ0v) is 17.2. The van der Waals surface area contributed by atoms with E-state index in [2.05, 4.69) is 10.1 Å². The quantitative estimate of drug-likeness (QED) is 0.544. The Morgan fingerprint density at radius 1 is 1.27 bits per heavy atom. The van der Waals surface area contributed by atoms with Crippen LogP contribution in [0.25, 0.3) is 11.0 Å². The van der Waals surface area contributed by atoms with Gasteiger partial charge in [-0.3, -0.25) is 4.79 Å². The molecule has 158 valence electrons. The van der Waals surface area contributed by atoms with Crippen LogP contribution in [0.2, 0.25) is 0 Å². The van der Waals surface area contributed by atoms with E-state index in [9.17, 15) is 9.59 Å². The minimum atomic E-state index is -0.688. The number of aromatic nitrogens is 2. The Labute approximate surface area is 173 Å². The highest BCUT2D eigenvalue weighted by molar-refractivity contribution is 5.96. The summed E-state index contributed by atoms with van der Waals surface area (Å²) in [4.78, 5) is 31.1. The van der Waals surface area contributed by atoms with Gasteiger partial charge in [0.15, 0.2) is 5.82 Å². The van der Waals surface area contributed by atoms with Gasteiger partial charge < -0.3 is 18.6 Å². The molecule has 1 amide bonds. The first-order valence-electron chi connectivity index (χ1n) is 10.3. The molecule has 0 saturated heterocycles. The number of carbonyl (C=O) groups is 1. The standard InChI is InChI=1S/C22H25N3O5/c1-3-10-28-16-9-8-15-11-17(22(27)29-18(15)12-16)21(26)25(2)13-19-23-20(30-24-19)14-6-4-5-7-14/h8-9,11-12,14H,3-7,10,13H2,1-2H3. The fourth-order valence-electron chi connectivity index (χ4n) is 3.71. The van der Waals surface area contributed by atoms with Crippen LogP contribution >= 0.6 is 0 Å². The van der Waals surface area contributed by atoms with Crippen LogP contribution in [0, 0.1) is 0 Å². The van der Waals surface area contributed by atoms with Gasteiger partial charge in [-0.15, -0.1) is 0 Å². The molecule has 1 aliphatic carbocycles. The summed E-state index contributed by atoms with van der Waals surface area (Å²) < 4.78 is 16.3. The summed E-state index contributed by atoms with van der Waals surface area (Å²) in [5.41, 5.74) is -0.342. The Bertz CT molecular complexity index is 1100. The fourth-order valence-corrected chi connectivity index (χ4v) is 3.71. The molecule has 2 heterocycles. The lowest BCUT2D eigenvalue weighted by Crippen LogP contribution is -2.30. The lowest BCUT2D eigenvalue weighted by atomic mass is 10.1. The third-order valence-corrected chi connectivity index (χ3v) is 5.32. The molecule has 3 aromatic rings. The molecule has 0 spiro atoms. The normalized spacial score (nSPS) is 14.3. The van der Waals surface area contributed by atoms with Crippen molar-refractivity contribution in [2.75, 3.05) is 13.7 Å². The number of nitrogens with zero attached hydrogens (tertiary/aromatic N) is 3. The maximum absolute atomic E-state index is 12.8. The van der Waals surface area contributed by atoms with Crippen molar-refractivity contribution in [2.24, 2.45) is 0 Å². The van der Waals surface area contributed by atoms with Gasteiger partial charge in [0.05, 0.1) is 13.2 Å². The summed E-state index contributed by atoms with van der Waals surface area (Å²) in [6.07, 6.45) is 5.33. The van der Waals surface area contributed by atoms with E-state index < -0.39 is 11.5 Å². The summed E-state index contributed by atoms with van der Waals surface area (Å²) >= 11 is 0. The lowest BCUT2D eigenvalue weighted by Gasteiger charge is -2.14. The first-order chi connectivity index (χ1) is 14.5.